The van der Waals surface area contributed by atoms with Gasteiger partial charge in [0.2, 0.25) is 0 Å². The Morgan fingerprint density at radius 2 is 1.47 bits per heavy atom. The van der Waals surface area contributed by atoms with E-state index in [2.05, 4.69) is 87.5 Å². The predicted molar refractivity (Wildman–Crippen MR) is 128 cm³/mol. The Kier molecular flexibility index (Phi) is 4.90. The quantitative estimate of drug-likeness (QED) is 0.343. The van der Waals surface area contributed by atoms with Crippen molar-refractivity contribution in [2.24, 2.45) is 0 Å². The Morgan fingerprint density at radius 3 is 2.27 bits per heavy atom. The van der Waals surface area contributed by atoms with E-state index in [4.69, 9.17) is 4.98 Å². The SMILES string of the molecule is Cc1ccccc1-c1cc(-c2ccc3cc(C4CCCC4)ccc3c2)c(C)c(C)n1. The molecule has 1 aliphatic rings. The Balaban J connectivity index is 1.59. The lowest BCUT2D eigenvalue weighted by atomic mass is 9.92. The number of fused-ring (bicyclic) bond motifs is 1. The third kappa shape index (κ3) is 3.43. The zero-order valence-corrected chi connectivity index (χ0v) is 18.2. The third-order valence-electron chi connectivity index (χ3n) is 6.94. The topological polar surface area (TPSA) is 12.9 Å². The minimum absolute atomic E-state index is 0.760. The molecule has 0 radical (unpaired) electrons. The molecule has 0 bridgehead atoms. The Hall–Kier alpha value is -2.93. The number of hydrogen-bond acceptors (Lipinski definition) is 1. The van der Waals surface area contributed by atoms with Gasteiger partial charge in [-0.2, -0.15) is 0 Å². The monoisotopic (exact) mass is 391 g/mol. The van der Waals surface area contributed by atoms with E-state index in [9.17, 15) is 0 Å². The first-order valence-corrected chi connectivity index (χ1v) is 11.2. The number of benzene rings is 3. The average molecular weight is 392 g/mol. The van der Waals surface area contributed by atoms with Crippen LogP contribution in [-0.2, 0) is 0 Å². The number of nitrogens with zero attached hydrogens (tertiary/aromatic N) is 1. The van der Waals surface area contributed by atoms with Crippen LogP contribution < -0.4 is 0 Å². The molecule has 1 fully saturated rings. The van der Waals surface area contributed by atoms with E-state index >= 15 is 0 Å². The highest BCUT2D eigenvalue weighted by Crippen LogP contribution is 2.37. The van der Waals surface area contributed by atoms with Crippen LogP contribution in [0.3, 0.4) is 0 Å². The lowest BCUT2D eigenvalue weighted by molar-refractivity contribution is 0.724. The van der Waals surface area contributed by atoms with E-state index in [-0.39, 0.29) is 0 Å². The molecule has 0 atom stereocenters. The van der Waals surface area contributed by atoms with Gasteiger partial charge >= 0.3 is 0 Å². The molecule has 1 heteroatoms. The van der Waals surface area contributed by atoms with Gasteiger partial charge in [0.25, 0.3) is 0 Å². The molecule has 1 aromatic heterocycles. The van der Waals surface area contributed by atoms with Crippen LogP contribution in [0.4, 0.5) is 0 Å². The number of rotatable bonds is 3. The van der Waals surface area contributed by atoms with E-state index < -0.39 is 0 Å². The molecule has 0 N–H and O–H groups in total. The molecule has 0 aliphatic heterocycles. The Labute approximate surface area is 179 Å². The number of aromatic nitrogens is 1. The first-order chi connectivity index (χ1) is 14.6. The summed E-state index contributed by atoms with van der Waals surface area (Å²) in [7, 11) is 0. The predicted octanol–water partition coefficient (Wildman–Crippen LogP) is 8.15. The van der Waals surface area contributed by atoms with E-state index in [1.807, 2.05) is 0 Å². The van der Waals surface area contributed by atoms with Crippen LogP contribution in [0.25, 0.3) is 33.2 Å². The summed E-state index contributed by atoms with van der Waals surface area (Å²) in [5.74, 6) is 0.760. The summed E-state index contributed by atoms with van der Waals surface area (Å²) in [4.78, 5) is 4.91. The van der Waals surface area contributed by atoms with Crippen molar-refractivity contribution >= 4 is 10.8 Å². The molecule has 0 spiro atoms. The second-order valence-corrected chi connectivity index (χ2v) is 8.88. The molecule has 1 heterocycles. The van der Waals surface area contributed by atoms with Gasteiger partial charge in [-0.15, -0.1) is 0 Å². The second-order valence-electron chi connectivity index (χ2n) is 8.88. The molecule has 1 nitrogen and oxygen atoms in total. The smallest absolute Gasteiger partial charge is 0.0714 e. The minimum atomic E-state index is 0.760. The standard InChI is InChI=1S/C29H29N/c1-19-8-4-7-11-27(19)29-18-28(20(2)21(3)30-29)26-15-14-24-16-23(12-13-25(24)17-26)22-9-5-6-10-22/h4,7-8,11-18,22H,5-6,9-10H2,1-3H3. The van der Waals surface area contributed by atoms with Gasteiger partial charge in [0.05, 0.1) is 5.69 Å². The molecule has 5 rings (SSSR count). The first-order valence-electron chi connectivity index (χ1n) is 11.2. The fraction of sp³-hybridized carbons (Fsp3) is 0.276. The van der Waals surface area contributed by atoms with Crippen LogP contribution in [0.1, 0.15) is 54.0 Å². The van der Waals surface area contributed by atoms with E-state index in [1.54, 1.807) is 0 Å². The maximum Gasteiger partial charge on any atom is 0.0714 e. The van der Waals surface area contributed by atoms with Gasteiger partial charge in [0, 0.05) is 11.3 Å². The van der Waals surface area contributed by atoms with Crippen LogP contribution in [0, 0.1) is 20.8 Å². The lowest BCUT2D eigenvalue weighted by Crippen LogP contribution is -1.96. The molecule has 0 saturated heterocycles. The van der Waals surface area contributed by atoms with Crippen molar-refractivity contribution in [1.82, 2.24) is 4.98 Å². The maximum atomic E-state index is 4.91. The van der Waals surface area contributed by atoms with Crippen molar-refractivity contribution in [3.63, 3.8) is 0 Å². The van der Waals surface area contributed by atoms with Gasteiger partial charge in [-0.25, -0.2) is 0 Å². The second kappa shape index (κ2) is 7.72. The van der Waals surface area contributed by atoms with Crippen LogP contribution >= 0.6 is 0 Å². The molecule has 1 saturated carbocycles. The van der Waals surface area contributed by atoms with Crippen LogP contribution in [0.5, 0.6) is 0 Å². The summed E-state index contributed by atoms with van der Waals surface area (Å²) in [5.41, 5.74) is 9.96. The van der Waals surface area contributed by atoms with Crippen molar-refractivity contribution in [3.05, 3.63) is 89.1 Å². The van der Waals surface area contributed by atoms with Gasteiger partial charge in [-0.1, -0.05) is 67.4 Å². The minimum Gasteiger partial charge on any atom is -0.253 e. The molecular formula is C29H29N. The highest BCUT2D eigenvalue weighted by Gasteiger charge is 2.17. The molecule has 150 valence electrons. The lowest BCUT2D eigenvalue weighted by Gasteiger charge is -2.15. The van der Waals surface area contributed by atoms with Gasteiger partial charge in [-0.3, -0.25) is 4.98 Å². The molecule has 3 aromatic carbocycles. The van der Waals surface area contributed by atoms with E-state index in [0.29, 0.717) is 0 Å². The normalized spacial score (nSPS) is 14.5. The summed E-state index contributed by atoms with van der Waals surface area (Å²) in [5, 5.41) is 2.67. The van der Waals surface area contributed by atoms with Crippen molar-refractivity contribution in [2.45, 2.75) is 52.4 Å². The fourth-order valence-electron chi connectivity index (χ4n) is 4.98. The Bertz CT molecular complexity index is 1230. The van der Waals surface area contributed by atoms with Crippen LogP contribution in [0.15, 0.2) is 66.7 Å². The number of pyridine rings is 1. The molecule has 0 amide bonds. The van der Waals surface area contributed by atoms with Crippen molar-refractivity contribution in [3.8, 4) is 22.4 Å². The first kappa shape index (κ1) is 19.1. The molecular weight excluding hydrogens is 362 g/mol. The number of hydrogen-bond donors (Lipinski definition) is 0. The van der Waals surface area contributed by atoms with Crippen LogP contribution in [-0.4, -0.2) is 4.98 Å². The van der Waals surface area contributed by atoms with Crippen molar-refractivity contribution in [1.29, 1.82) is 0 Å². The Morgan fingerprint density at radius 1 is 0.733 bits per heavy atom. The average Bonchev–Trinajstić information content (AvgIpc) is 3.30. The maximum absolute atomic E-state index is 4.91. The molecule has 0 unspecified atom stereocenters. The fourth-order valence-corrected chi connectivity index (χ4v) is 4.98. The summed E-state index contributed by atoms with van der Waals surface area (Å²) in [6.07, 6.45) is 5.46. The van der Waals surface area contributed by atoms with Crippen molar-refractivity contribution in [2.75, 3.05) is 0 Å². The van der Waals surface area contributed by atoms with Crippen LogP contribution in [0.2, 0.25) is 0 Å². The molecule has 4 aromatic rings. The van der Waals surface area contributed by atoms with Gasteiger partial charge in [-0.05, 0) is 90.3 Å². The van der Waals surface area contributed by atoms with Gasteiger partial charge in [0.15, 0.2) is 0 Å². The van der Waals surface area contributed by atoms with Crippen molar-refractivity contribution < 1.29 is 0 Å². The molecule has 30 heavy (non-hydrogen) atoms. The summed E-state index contributed by atoms with van der Waals surface area (Å²) in [6, 6.07) is 24.8. The summed E-state index contributed by atoms with van der Waals surface area (Å²) in [6.45, 7) is 6.46. The largest absolute Gasteiger partial charge is 0.253 e. The zero-order valence-electron chi connectivity index (χ0n) is 18.2. The molecule has 1 aliphatic carbocycles. The highest BCUT2D eigenvalue weighted by molar-refractivity contribution is 5.89. The summed E-state index contributed by atoms with van der Waals surface area (Å²) < 4.78 is 0. The number of aryl methyl sites for hydroxylation is 2. The van der Waals surface area contributed by atoms with Gasteiger partial charge < -0.3 is 0 Å². The van der Waals surface area contributed by atoms with Gasteiger partial charge in [0.1, 0.15) is 0 Å². The van der Waals surface area contributed by atoms with E-state index in [1.165, 1.54) is 69.8 Å². The third-order valence-corrected chi connectivity index (χ3v) is 6.94. The summed E-state index contributed by atoms with van der Waals surface area (Å²) >= 11 is 0. The highest BCUT2D eigenvalue weighted by atomic mass is 14.7. The van der Waals surface area contributed by atoms with E-state index in [0.717, 1.165) is 17.3 Å². The zero-order chi connectivity index (χ0) is 20.7.